The maximum Gasteiger partial charge on any atom is 0.419 e. The van der Waals surface area contributed by atoms with Crippen molar-refractivity contribution in [2.24, 2.45) is 0 Å². The van der Waals surface area contributed by atoms with E-state index in [4.69, 9.17) is 9.47 Å². The average Bonchev–Trinajstić information content (AvgIpc) is 2.83. The Morgan fingerprint density at radius 1 is 1.03 bits per heavy atom. The first-order valence-corrected chi connectivity index (χ1v) is 10.5. The molecule has 0 bridgehead atoms. The summed E-state index contributed by atoms with van der Waals surface area (Å²) in [7, 11) is 0. The minimum atomic E-state index is -4.78. The molecule has 0 spiro atoms. The van der Waals surface area contributed by atoms with E-state index in [9.17, 15) is 18.0 Å². The molecule has 0 aliphatic carbocycles. The Bertz CT molecular complexity index is 1050. The Morgan fingerprint density at radius 3 is 2.33 bits per heavy atom. The van der Waals surface area contributed by atoms with Crippen LogP contribution in [0.4, 0.5) is 13.2 Å². The summed E-state index contributed by atoms with van der Waals surface area (Å²) in [5.41, 5.74) is -0.712. The van der Waals surface area contributed by atoms with Gasteiger partial charge in [0.25, 0.3) is 0 Å². The fraction of sp³-hybridized carbons (Fsp3) is 0.280. The minimum Gasteiger partial charge on any atom is -0.362 e. The van der Waals surface area contributed by atoms with Gasteiger partial charge in [-0.05, 0) is 17.2 Å². The highest BCUT2D eigenvalue weighted by Crippen LogP contribution is 2.45. The third-order valence-electron chi connectivity index (χ3n) is 5.52. The molecule has 1 aliphatic heterocycles. The van der Waals surface area contributed by atoms with Crippen molar-refractivity contribution in [2.45, 2.75) is 31.0 Å². The van der Waals surface area contributed by atoms with Gasteiger partial charge < -0.3 is 14.4 Å². The number of hydrogen-bond donors (Lipinski definition) is 0. The van der Waals surface area contributed by atoms with Crippen LogP contribution < -0.4 is 0 Å². The number of morpholine rings is 1. The smallest absolute Gasteiger partial charge is 0.362 e. The van der Waals surface area contributed by atoms with Crippen molar-refractivity contribution in [1.29, 1.82) is 0 Å². The van der Waals surface area contributed by atoms with Crippen molar-refractivity contribution in [1.82, 2.24) is 9.88 Å². The van der Waals surface area contributed by atoms with E-state index in [1.54, 1.807) is 60.8 Å². The van der Waals surface area contributed by atoms with Crippen LogP contribution in [0.1, 0.15) is 16.7 Å². The van der Waals surface area contributed by atoms with Gasteiger partial charge in [0.1, 0.15) is 0 Å². The van der Waals surface area contributed by atoms with E-state index >= 15 is 0 Å². The summed E-state index contributed by atoms with van der Waals surface area (Å²) >= 11 is 0. The molecule has 1 fully saturated rings. The Balaban J connectivity index is 1.80. The van der Waals surface area contributed by atoms with E-state index in [0.29, 0.717) is 11.1 Å². The SMILES string of the molecule is O=C(Cc1cccnc1)N1CCOC(C(F)(F)F)[C@]1(OCc1ccccc1)c1ccccc1. The van der Waals surface area contributed by atoms with Gasteiger partial charge >= 0.3 is 6.18 Å². The van der Waals surface area contributed by atoms with Crippen LogP contribution in [0.15, 0.2) is 85.2 Å². The number of aromatic nitrogens is 1. The van der Waals surface area contributed by atoms with Gasteiger partial charge in [-0.2, -0.15) is 13.2 Å². The molecule has 1 aromatic heterocycles. The first-order chi connectivity index (χ1) is 15.9. The van der Waals surface area contributed by atoms with E-state index in [0.717, 1.165) is 0 Å². The second-order valence-corrected chi connectivity index (χ2v) is 7.71. The van der Waals surface area contributed by atoms with Crippen molar-refractivity contribution in [3.8, 4) is 0 Å². The number of rotatable bonds is 6. The Morgan fingerprint density at radius 2 is 1.70 bits per heavy atom. The van der Waals surface area contributed by atoms with Gasteiger partial charge in [0, 0.05) is 24.5 Å². The van der Waals surface area contributed by atoms with Gasteiger partial charge in [-0.1, -0.05) is 66.7 Å². The number of carbonyl (C=O) groups excluding carboxylic acids is 1. The van der Waals surface area contributed by atoms with E-state index in [1.807, 2.05) is 6.07 Å². The lowest BCUT2D eigenvalue weighted by atomic mass is 9.91. The van der Waals surface area contributed by atoms with E-state index in [2.05, 4.69) is 4.98 Å². The maximum atomic E-state index is 14.4. The monoisotopic (exact) mass is 456 g/mol. The molecular formula is C25H23F3N2O3. The highest BCUT2D eigenvalue weighted by Gasteiger charge is 2.62. The fourth-order valence-electron chi connectivity index (χ4n) is 4.07. The van der Waals surface area contributed by atoms with Crippen molar-refractivity contribution in [2.75, 3.05) is 13.2 Å². The zero-order chi connectivity index (χ0) is 23.3. The Hall–Kier alpha value is -3.23. The Kier molecular flexibility index (Phi) is 6.76. The summed E-state index contributed by atoms with van der Waals surface area (Å²) < 4.78 is 54.4. The molecule has 1 saturated heterocycles. The molecule has 0 radical (unpaired) electrons. The molecule has 8 heteroatoms. The van der Waals surface area contributed by atoms with Gasteiger partial charge in [0.15, 0.2) is 0 Å². The zero-order valence-electron chi connectivity index (χ0n) is 17.7. The lowest BCUT2D eigenvalue weighted by molar-refractivity contribution is -0.342. The summed E-state index contributed by atoms with van der Waals surface area (Å²) in [4.78, 5) is 18.6. The van der Waals surface area contributed by atoms with Crippen molar-refractivity contribution < 1.29 is 27.4 Å². The number of alkyl halides is 3. The molecule has 1 aliphatic rings. The molecule has 33 heavy (non-hydrogen) atoms. The van der Waals surface area contributed by atoms with Crippen LogP contribution in [0.3, 0.4) is 0 Å². The number of halogens is 3. The van der Waals surface area contributed by atoms with Crippen LogP contribution in [0, 0.1) is 0 Å². The number of amides is 1. The normalized spacial score (nSPS) is 21.1. The second kappa shape index (κ2) is 9.72. The van der Waals surface area contributed by atoms with Crippen LogP contribution in [-0.4, -0.2) is 41.2 Å². The van der Waals surface area contributed by atoms with Crippen molar-refractivity contribution in [3.05, 3.63) is 102 Å². The number of ether oxygens (including phenoxy) is 2. The molecule has 1 amide bonds. The molecule has 0 saturated carbocycles. The van der Waals surface area contributed by atoms with E-state index in [1.165, 1.54) is 23.2 Å². The number of nitrogens with zero attached hydrogens (tertiary/aromatic N) is 2. The molecule has 5 nitrogen and oxygen atoms in total. The van der Waals surface area contributed by atoms with Gasteiger partial charge in [-0.25, -0.2) is 0 Å². The van der Waals surface area contributed by atoms with Crippen LogP contribution >= 0.6 is 0 Å². The van der Waals surface area contributed by atoms with Crippen molar-refractivity contribution in [3.63, 3.8) is 0 Å². The average molecular weight is 456 g/mol. The first-order valence-electron chi connectivity index (χ1n) is 10.5. The third-order valence-corrected chi connectivity index (χ3v) is 5.52. The number of carbonyl (C=O) groups is 1. The van der Waals surface area contributed by atoms with Gasteiger partial charge in [-0.15, -0.1) is 0 Å². The van der Waals surface area contributed by atoms with Crippen LogP contribution in [0.2, 0.25) is 0 Å². The summed E-state index contributed by atoms with van der Waals surface area (Å²) in [5, 5.41) is 0. The summed E-state index contributed by atoms with van der Waals surface area (Å²) in [6, 6.07) is 20.3. The van der Waals surface area contributed by atoms with Gasteiger partial charge in [0.05, 0.1) is 19.6 Å². The molecule has 3 aromatic rings. The van der Waals surface area contributed by atoms with Crippen LogP contribution in [-0.2, 0) is 33.0 Å². The second-order valence-electron chi connectivity index (χ2n) is 7.71. The molecule has 172 valence electrons. The highest BCUT2D eigenvalue weighted by atomic mass is 19.4. The zero-order valence-corrected chi connectivity index (χ0v) is 17.7. The van der Waals surface area contributed by atoms with E-state index in [-0.39, 0.29) is 31.7 Å². The molecule has 2 aromatic carbocycles. The fourth-order valence-corrected chi connectivity index (χ4v) is 4.07. The predicted octanol–water partition coefficient (Wildman–Crippen LogP) is 4.48. The standard InChI is InChI=1S/C25H23F3N2O3/c26-25(27,28)23-24(21-11-5-2-6-12-21,33-18-19-8-3-1-4-9-19)30(14-15-32-23)22(31)16-20-10-7-13-29-17-20/h1-13,17,23H,14-16,18H2/t23?,24-/m1/s1. The van der Waals surface area contributed by atoms with Gasteiger partial charge in [-0.3, -0.25) is 9.78 Å². The maximum absolute atomic E-state index is 14.4. The summed E-state index contributed by atoms with van der Waals surface area (Å²) in [6.07, 6.45) is -4.15. The van der Waals surface area contributed by atoms with Crippen LogP contribution in [0.5, 0.6) is 0 Å². The predicted molar refractivity (Wildman–Crippen MR) is 115 cm³/mol. The number of benzene rings is 2. The molecule has 2 heterocycles. The first kappa shape index (κ1) is 22.9. The molecular weight excluding hydrogens is 433 g/mol. The van der Waals surface area contributed by atoms with Crippen molar-refractivity contribution >= 4 is 5.91 Å². The largest absolute Gasteiger partial charge is 0.419 e. The molecule has 2 atom stereocenters. The molecule has 4 rings (SSSR count). The lowest BCUT2D eigenvalue weighted by Crippen LogP contribution is -2.67. The number of hydrogen-bond acceptors (Lipinski definition) is 4. The quantitative estimate of drug-likeness (QED) is 0.549. The van der Waals surface area contributed by atoms with Crippen LogP contribution in [0.25, 0.3) is 0 Å². The Labute approximate surface area is 189 Å². The highest BCUT2D eigenvalue weighted by molar-refractivity contribution is 5.80. The molecule has 1 unspecified atom stereocenters. The minimum absolute atomic E-state index is 0.0463. The lowest BCUT2D eigenvalue weighted by Gasteiger charge is -2.51. The third kappa shape index (κ3) is 4.91. The topological polar surface area (TPSA) is 51.7 Å². The van der Waals surface area contributed by atoms with Gasteiger partial charge in [0.2, 0.25) is 17.7 Å². The molecule has 0 N–H and O–H groups in total. The van der Waals surface area contributed by atoms with E-state index < -0.39 is 23.9 Å². The summed E-state index contributed by atoms with van der Waals surface area (Å²) in [6.45, 7) is -0.441. The summed E-state index contributed by atoms with van der Waals surface area (Å²) in [5.74, 6) is -0.502. The number of pyridine rings is 1.